The molecule has 1 fully saturated rings. The van der Waals surface area contributed by atoms with Crippen LogP contribution in [0.25, 0.3) is 0 Å². The lowest BCUT2D eigenvalue weighted by Gasteiger charge is -2.38. The molecule has 2 heterocycles. The maximum absolute atomic E-state index is 5.86. The van der Waals surface area contributed by atoms with Crippen molar-refractivity contribution < 1.29 is 0 Å². The maximum Gasteiger partial charge on any atom is 0.0788 e. The van der Waals surface area contributed by atoms with E-state index in [1.54, 1.807) is 0 Å². The third-order valence-electron chi connectivity index (χ3n) is 4.38. The van der Waals surface area contributed by atoms with Gasteiger partial charge in [0.25, 0.3) is 0 Å². The average molecular weight is 359 g/mol. The van der Waals surface area contributed by atoms with Gasteiger partial charge in [-0.2, -0.15) is 5.10 Å². The van der Waals surface area contributed by atoms with Crippen molar-refractivity contribution in [1.29, 1.82) is 0 Å². The number of aromatic nitrogens is 2. The fourth-order valence-electron chi connectivity index (χ4n) is 2.68. The predicted octanol–water partition coefficient (Wildman–Crippen LogP) is 2.86. The predicted molar refractivity (Wildman–Crippen MR) is 89.7 cm³/mol. The second-order valence-electron chi connectivity index (χ2n) is 5.86. The summed E-state index contributed by atoms with van der Waals surface area (Å²) in [6, 6.07) is 0. The molecule has 20 heavy (non-hydrogen) atoms. The molecule has 0 bridgehead atoms. The zero-order valence-electron chi connectivity index (χ0n) is 12.4. The van der Waals surface area contributed by atoms with Gasteiger partial charge in [-0.05, 0) is 55.7 Å². The minimum Gasteiger partial charge on any atom is -0.393 e. The maximum atomic E-state index is 5.86. The molecule has 1 aromatic rings. The summed E-state index contributed by atoms with van der Waals surface area (Å²) in [5, 5.41) is 4.55. The van der Waals surface area contributed by atoms with Gasteiger partial charge in [0, 0.05) is 18.5 Å². The molecule has 2 N–H and O–H groups in total. The van der Waals surface area contributed by atoms with E-state index in [0.717, 1.165) is 49.2 Å². The molecule has 112 valence electrons. The average Bonchev–Trinajstić information content (AvgIpc) is 2.69. The highest BCUT2D eigenvalue weighted by molar-refractivity contribution is 9.10. The fraction of sp³-hybridized carbons (Fsp3) is 0.714. The summed E-state index contributed by atoms with van der Waals surface area (Å²) in [5.41, 5.74) is 8.22. The smallest absolute Gasteiger partial charge is 0.0788 e. The summed E-state index contributed by atoms with van der Waals surface area (Å²) in [5.74, 6) is 0. The van der Waals surface area contributed by atoms with Crippen LogP contribution in [0.4, 0.5) is 0 Å². The molecular formula is C14H23BrN4S. The molecule has 4 nitrogen and oxygen atoms in total. The highest BCUT2D eigenvalue weighted by Gasteiger charge is 2.33. The molecular weight excluding hydrogens is 336 g/mol. The van der Waals surface area contributed by atoms with Gasteiger partial charge in [-0.3, -0.25) is 9.58 Å². The lowest BCUT2D eigenvalue weighted by Crippen LogP contribution is -2.44. The first-order chi connectivity index (χ1) is 9.37. The van der Waals surface area contributed by atoms with E-state index >= 15 is 0 Å². The molecule has 0 unspecified atom stereocenters. The van der Waals surface area contributed by atoms with Crippen LogP contribution in [0.15, 0.2) is 4.47 Å². The summed E-state index contributed by atoms with van der Waals surface area (Å²) in [4.78, 5) is 3.13. The Labute approximate surface area is 134 Å². The van der Waals surface area contributed by atoms with Gasteiger partial charge in [0.05, 0.1) is 20.8 Å². The van der Waals surface area contributed by atoms with E-state index in [0.29, 0.717) is 4.99 Å². The van der Waals surface area contributed by atoms with E-state index in [4.69, 9.17) is 18.0 Å². The van der Waals surface area contributed by atoms with Gasteiger partial charge in [-0.15, -0.1) is 0 Å². The first-order valence-corrected chi connectivity index (χ1v) is 8.31. The Bertz CT molecular complexity index is 504. The lowest BCUT2D eigenvalue weighted by molar-refractivity contribution is 0.154. The van der Waals surface area contributed by atoms with Gasteiger partial charge in [0.2, 0.25) is 0 Å². The van der Waals surface area contributed by atoms with Crippen LogP contribution in [0.1, 0.15) is 38.1 Å². The minimum atomic E-state index is 0.0317. The highest BCUT2D eigenvalue weighted by atomic mass is 79.9. The Morgan fingerprint density at radius 3 is 2.55 bits per heavy atom. The Hall–Kier alpha value is -0.460. The number of halogens is 1. The Kier molecular flexibility index (Phi) is 4.87. The molecule has 0 aromatic carbocycles. The van der Waals surface area contributed by atoms with Gasteiger partial charge in [0.1, 0.15) is 0 Å². The zero-order chi connectivity index (χ0) is 14.9. The summed E-state index contributed by atoms with van der Waals surface area (Å²) >= 11 is 8.86. The summed E-state index contributed by atoms with van der Waals surface area (Å²) in [6.07, 6.45) is 2.08. The topological polar surface area (TPSA) is 47.1 Å². The molecule has 0 aliphatic carbocycles. The van der Waals surface area contributed by atoms with E-state index in [9.17, 15) is 0 Å². The van der Waals surface area contributed by atoms with Crippen molar-refractivity contribution in [3.8, 4) is 0 Å². The van der Waals surface area contributed by atoms with Crippen molar-refractivity contribution in [3.63, 3.8) is 0 Å². The van der Waals surface area contributed by atoms with Crippen molar-refractivity contribution >= 4 is 33.1 Å². The summed E-state index contributed by atoms with van der Waals surface area (Å²) < 4.78 is 3.22. The van der Waals surface area contributed by atoms with E-state index in [-0.39, 0.29) is 5.41 Å². The molecule has 0 saturated carbocycles. The van der Waals surface area contributed by atoms with Crippen LogP contribution in [-0.4, -0.2) is 32.8 Å². The fourth-order valence-corrected chi connectivity index (χ4v) is 3.30. The number of nitrogens with zero attached hydrogens (tertiary/aromatic N) is 3. The van der Waals surface area contributed by atoms with E-state index in [2.05, 4.69) is 44.5 Å². The first kappa shape index (κ1) is 15.9. The van der Waals surface area contributed by atoms with Crippen LogP contribution < -0.4 is 5.73 Å². The summed E-state index contributed by atoms with van der Waals surface area (Å²) in [7, 11) is 0. The second-order valence-corrected chi connectivity index (χ2v) is 7.10. The standard InChI is InChI=1S/C14H23BrN4S/c1-4-19-11(12(15)10(2)17-19)9-18-7-5-14(3,6-8-18)13(16)20/h4-9H2,1-3H3,(H2,16,20). The quantitative estimate of drug-likeness (QED) is 0.840. The van der Waals surface area contributed by atoms with Crippen molar-refractivity contribution in [1.82, 2.24) is 14.7 Å². The number of thiocarbonyl (C=S) groups is 1. The molecule has 0 spiro atoms. The van der Waals surface area contributed by atoms with E-state index < -0.39 is 0 Å². The second kappa shape index (κ2) is 6.12. The van der Waals surface area contributed by atoms with E-state index in [1.807, 2.05) is 6.92 Å². The lowest BCUT2D eigenvalue weighted by atomic mass is 9.80. The molecule has 2 rings (SSSR count). The Morgan fingerprint density at radius 1 is 1.45 bits per heavy atom. The van der Waals surface area contributed by atoms with Crippen molar-refractivity contribution in [3.05, 3.63) is 15.9 Å². The molecule has 1 aliphatic heterocycles. The van der Waals surface area contributed by atoms with Gasteiger partial charge in [-0.1, -0.05) is 19.1 Å². The third kappa shape index (κ3) is 3.07. The van der Waals surface area contributed by atoms with E-state index in [1.165, 1.54) is 5.69 Å². The van der Waals surface area contributed by atoms with Crippen LogP contribution in [0.3, 0.4) is 0 Å². The van der Waals surface area contributed by atoms with Gasteiger partial charge < -0.3 is 5.73 Å². The third-order valence-corrected chi connectivity index (χ3v) is 5.90. The molecule has 0 radical (unpaired) electrons. The highest BCUT2D eigenvalue weighted by Crippen LogP contribution is 2.32. The van der Waals surface area contributed by atoms with Crippen LogP contribution in [0.5, 0.6) is 0 Å². The molecule has 0 atom stereocenters. The van der Waals surface area contributed by atoms with Gasteiger partial charge in [0.15, 0.2) is 0 Å². The van der Waals surface area contributed by atoms with Crippen molar-refractivity contribution in [2.75, 3.05) is 13.1 Å². The molecule has 1 saturated heterocycles. The zero-order valence-corrected chi connectivity index (χ0v) is 14.9. The Morgan fingerprint density at radius 2 is 2.05 bits per heavy atom. The first-order valence-electron chi connectivity index (χ1n) is 7.11. The number of hydrogen-bond acceptors (Lipinski definition) is 3. The van der Waals surface area contributed by atoms with Gasteiger partial charge >= 0.3 is 0 Å². The van der Waals surface area contributed by atoms with Gasteiger partial charge in [-0.25, -0.2) is 0 Å². The van der Waals surface area contributed by atoms with Crippen LogP contribution in [-0.2, 0) is 13.1 Å². The number of aryl methyl sites for hydroxylation is 2. The molecule has 1 aliphatic rings. The largest absolute Gasteiger partial charge is 0.393 e. The van der Waals surface area contributed by atoms with Crippen LogP contribution in [0, 0.1) is 12.3 Å². The van der Waals surface area contributed by atoms with Crippen LogP contribution in [0.2, 0.25) is 0 Å². The Balaban J connectivity index is 2.05. The normalized spacial score (nSPS) is 19.2. The van der Waals surface area contributed by atoms with Crippen LogP contribution >= 0.6 is 28.1 Å². The minimum absolute atomic E-state index is 0.0317. The van der Waals surface area contributed by atoms with Crippen molar-refractivity contribution in [2.45, 2.75) is 46.7 Å². The molecule has 1 aromatic heterocycles. The monoisotopic (exact) mass is 358 g/mol. The molecule has 0 amide bonds. The number of hydrogen-bond donors (Lipinski definition) is 1. The number of rotatable bonds is 4. The molecule has 6 heteroatoms. The SMILES string of the molecule is CCn1nc(C)c(Br)c1CN1CCC(C)(C(N)=S)CC1. The van der Waals surface area contributed by atoms with Crippen molar-refractivity contribution in [2.24, 2.45) is 11.1 Å². The number of likely N-dealkylation sites (tertiary alicyclic amines) is 1. The number of piperidine rings is 1. The number of nitrogens with two attached hydrogens (primary N) is 1. The summed E-state index contributed by atoms with van der Waals surface area (Å²) in [6.45, 7) is 10.3.